The van der Waals surface area contributed by atoms with Crippen LogP contribution in [0.3, 0.4) is 0 Å². The molecule has 0 saturated carbocycles. The van der Waals surface area contributed by atoms with E-state index in [0.29, 0.717) is 5.56 Å². The molecule has 16 heavy (non-hydrogen) atoms. The van der Waals surface area contributed by atoms with Crippen molar-refractivity contribution in [1.82, 2.24) is 0 Å². The van der Waals surface area contributed by atoms with Crippen molar-refractivity contribution in [3.05, 3.63) is 34.9 Å². The van der Waals surface area contributed by atoms with Gasteiger partial charge in [-0.2, -0.15) is 0 Å². The molecule has 0 aliphatic carbocycles. The van der Waals surface area contributed by atoms with E-state index in [4.69, 9.17) is 5.11 Å². The number of hydrogen-bond acceptors (Lipinski definition) is 2. The van der Waals surface area contributed by atoms with E-state index in [0.717, 1.165) is 11.1 Å². The van der Waals surface area contributed by atoms with Crippen LogP contribution in [0.1, 0.15) is 21.5 Å². The molecular formula is C12H13NO3. The highest BCUT2D eigenvalue weighted by Gasteiger charge is 2.02. The van der Waals surface area contributed by atoms with Crippen molar-refractivity contribution in [3.63, 3.8) is 0 Å². The molecule has 1 amide bonds. The van der Waals surface area contributed by atoms with Crippen LogP contribution in [0.15, 0.2) is 18.2 Å². The smallest absolute Gasteiger partial charge is 0.335 e. The van der Waals surface area contributed by atoms with Gasteiger partial charge in [-0.1, -0.05) is 17.2 Å². The van der Waals surface area contributed by atoms with Gasteiger partial charge in [-0.05, 0) is 31.9 Å². The zero-order chi connectivity index (χ0) is 12.7. The van der Waals surface area contributed by atoms with Crippen molar-refractivity contribution in [2.45, 2.75) is 13.8 Å². The van der Waals surface area contributed by atoms with Gasteiger partial charge in [-0.25, -0.2) is 4.79 Å². The van der Waals surface area contributed by atoms with Crippen LogP contribution in [0, 0.1) is 26.2 Å². The average molecular weight is 219 g/mol. The van der Waals surface area contributed by atoms with Crippen LogP contribution < -0.4 is 5.73 Å². The van der Waals surface area contributed by atoms with Crippen molar-refractivity contribution in [2.75, 3.05) is 0 Å². The Bertz CT molecular complexity index is 424. The van der Waals surface area contributed by atoms with Gasteiger partial charge in [0, 0.05) is 0 Å². The maximum Gasteiger partial charge on any atom is 0.335 e. The van der Waals surface area contributed by atoms with Crippen LogP contribution in [-0.2, 0) is 4.79 Å². The molecule has 0 bridgehead atoms. The number of nitrogens with two attached hydrogens (primary N) is 1. The number of carboxylic acid groups (broad SMARTS) is 1. The fourth-order valence-corrected chi connectivity index (χ4v) is 1.10. The third-order valence-electron chi connectivity index (χ3n) is 1.61. The lowest BCUT2D eigenvalue weighted by molar-refractivity contribution is -0.112. The summed E-state index contributed by atoms with van der Waals surface area (Å²) in [5.41, 5.74) is 6.76. The highest BCUT2D eigenvalue weighted by atomic mass is 16.4. The molecule has 1 aromatic rings. The Labute approximate surface area is 94.1 Å². The van der Waals surface area contributed by atoms with Crippen LogP contribution >= 0.6 is 0 Å². The number of carbonyl (C=O) groups excluding carboxylic acids is 1. The molecule has 84 valence electrons. The van der Waals surface area contributed by atoms with E-state index in [9.17, 15) is 9.59 Å². The first kappa shape index (κ1) is 13.7. The Hall–Kier alpha value is -2.28. The molecule has 4 nitrogen and oxygen atoms in total. The summed E-state index contributed by atoms with van der Waals surface area (Å²) >= 11 is 0. The number of rotatable bonds is 1. The van der Waals surface area contributed by atoms with E-state index >= 15 is 0 Å². The van der Waals surface area contributed by atoms with Crippen LogP contribution in [0.2, 0.25) is 0 Å². The lowest BCUT2D eigenvalue weighted by atomic mass is 10.1. The summed E-state index contributed by atoms with van der Waals surface area (Å²) in [7, 11) is 0. The summed E-state index contributed by atoms with van der Waals surface area (Å²) < 4.78 is 0. The fourth-order valence-electron chi connectivity index (χ4n) is 1.10. The maximum absolute atomic E-state index is 10.5. The predicted molar refractivity (Wildman–Crippen MR) is 60.9 cm³/mol. The van der Waals surface area contributed by atoms with E-state index in [2.05, 4.69) is 12.2 Å². The summed E-state index contributed by atoms with van der Waals surface area (Å²) in [6.07, 6.45) is 4.45. The molecule has 1 aromatic carbocycles. The molecule has 0 aliphatic rings. The maximum atomic E-state index is 10.5. The summed E-state index contributed by atoms with van der Waals surface area (Å²) in [4.78, 5) is 19.9. The molecule has 3 N–H and O–H groups in total. The first-order valence-electron chi connectivity index (χ1n) is 4.44. The average Bonchev–Trinajstić information content (AvgIpc) is 2.17. The Morgan fingerprint density at radius 1 is 1.25 bits per heavy atom. The van der Waals surface area contributed by atoms with Gasteiger partial charge in [0.25, 0.3) is 5.91 Å². The van der Waals surface area contributed by atoms with Crippen LogP contribution in [0.5, 0.6) is 0 Å². The number of hydrogen-bond donors (Lipinski definition) is 2. The first-order valence-corrected chi connectivity index (χ1v) is 4.44. The van der Waals surface area contributed by atoms with E-state index in [-0.39, 0.29) is 0 Å². The topological polar surface area (TPSA) is 80.4 Å². The fraction of sp³-hybridized carbons (Fsp3) is 0.167. The highest BCUT2D eigenvalue weighted by Crippen LogP contribution is 2.08. The molecule has 0 saturated heterocycles. The van der Waals surface area contributed by atoms with E-state index in [1.54, 1.807) is 18.1 Å². The summed E-state index contributed by atoms with van der Waals surface area (Å²) in [5, 5.41) is 8.63. The van der Waals surface area contributed by atoms with Crippen molar-refractivity contribution >= 4 is 11.9 Å². The predicted octanol–water partition coefficient (Wildman–Crippen LogP) is 1.11. The Balaban J connectivity index is 0.000000385. The molecule has 0 aliphatic heterocycles. The second kappa shape index (κ2) is 6.25. The van der Waals surface area contributed by atoms with Crippen molar-refractivity contribution in [3.8, 4) is 12.3 Å². The number of aryl methyl sites for hydroxylation is 2. The Morgan fingerprint density at radius 3 is 1.88 bits per heavy atom. The van der Waals surface area contributed by atoms with Gasteiger partial charge in [0.15, 0.2) is 0 Å². The lowest BCUT2D eigenvalue weighted by Gasteiger charge is -1.98. The monoisotopic (exact) mass is 219 g/mol. The Morgan fingerprint density at radius 2 is 1.62 bits per heavy atom. The van der Waals surface area contributed by atoms with Gasteiger partial charge >= 0.3 is 5.97 Å². The van der Waals surface area contributed by atoms with Crippen LogP contribution in [-0.4, -0.2) is 17.0 Å². The minimum atomic E-state index is -0.864. The minimum absolute atomic E-state index is 0.363. The third kappa shape index (κ3) is 5.45. The number of amides is 1. The van der Waals surface area contributed by atoms with Crippen molar-refractivity contribution < 1.29 is 14.7 Å². The zero-order valence-electron chi connectivity index (χ0n) is 9.15. The van der Waals surface area contributed by atoms with E-state index < -0.39 is 11.9 Å². The van der Waals surface area contributed by atoms with E-state index in [1.807, 2.05) is 19.9 Å². The number of primary amides is 1. The molecule has 0 heterocycles. The molecule has 4 heteroatoms. The normalized spacial score (nSPS) is 8.31. The van der Waals surface area contributed by atoms with Gasteiger partial charge in [0.1, 0.15) is 0 Å². The third-order valence-corrected chi connectivity index (χ3v) is 1.61. The van der Waals surface area contributed by atoms with Gasteiger partial charge in [-0.3, -0.25) is 4.79 Å². The largest absolute Gasteiger partial charge is 0.478 e. The van der Waals surface area contributed by atoms with Crippen LogP contribution in [0.4, 0.5) is 0 Å². The number of carboxylic acids is 1. The van der Waals surface area contributed by atoms with Gasteiger partial charge < -0.3 is 10.8 Å². The molecule has 0 atom stereocenters. The lowest BCUT2D eigenvalue weighted by Crippen LogP contribution is -2.05. The van der Waals surface area contributed by atoms with Gasteiger partial charge in [-0.15, -0.1) is 6.42 Å². The second-order valence-electron chi connectivity index (χ2n) is 3.19. The van der Waals surface area contributed by atoms with Gasteiger partial charge in [0.2, 0.25) is 0 Å². The summed E-state index contributed by atoms with van der Waals surface area (Å²) in [6.45, 7) is 3.78. The number of aromatic carboxylic acids is 1. The summed E-state index contributed by atoms with van der Waals surface area (Å²) in [6, 6.07) is 5.27. The van der Waals surface area contributed by atoms with E-state index in [1.165, 1.54) is 0 Å². The number of benzene rings is 1. The molecule has 0 fully saturated rings. The molecule has 0 spiro atoms. The van der Waals surface area contributed by atoms with Crippen LogP contribution in [0.25, 0.3) is 0 Å². The SMILES string of the molecule is C#CC(N)=O.Cc1cc(C)cc(C(=O)O)c1. The molecule has 0 radical (unpaired) electrons. The van der Waals surface area contributed by atoms with Gasteiger partial charge in [0.05, 0.1) is 5.56 Å². The van der Waals surface area contributed by atoms with Crippen molar-refractivity contribution in [2.24, 2.45) is 5.73 Å². The minimum Gasteiger partial charge on any atom is -0.478 e. The standard InChI is InChI=1S/C9H10O2.C3H3NO/c1-6-3-7(2)5-8(4-6)9(10)11;1-2-3(4)5/h3-5H,1-2H3,(H,10,11);1H,(H2,4,5). The highest BCUT2D eigenvalue weighted by molar-refractivity contribution is 5.91. The molecule has 1 rings (SSSR count). The Kier molecular flexibility index (Phi) is 5.36. The zero-order valence-corrected chi connectivity index (χ0v) is 9.15. The molecular weight excluding hydrogens is 206 g/mol. The number of carbonyl (C=O) groups is 2. The van der Waals surface area contributed by atoms with Crippen molar-refractivity contribution in [1.29, 1.82) is 0 Å². The molecule has 0 aromatic heterocycles. The summed E-state index contributed by atoms with van der Waals surface area (Å²) in [5.74, 6) is 0.0850. The first-order chi connectivity index (χ1) is 7.36. The molecule has 0 unspecified atom stereocenters. The quantitative estimate of drug-likeness (QED) is 0.694. The number of terminal acetylenes is 1. The second-order valence-corrected chi connectivity index (χ2v) is 3.19.